The fourth-order valence-corrected chi connectivity index (χ4v) is 1.23. The zero-order chi connectivity index (χ0) is 11.7. The highest BCUT2D eigenvalue weighted by Crippen LogP contribution is 2.12. The third-order valence-electron chi connectivity index (χ3n) is 1.66. The van der Waals surface area contributed by atoms with Crippen LogP contribution >= 0.6 is 15.9 Å². The quantitative estimate of drug-likeness (QED) is 0.619. The van der Waals surface area contributed by atoms with Gasteiger partial charge in [-0.05, 0) is 12.1 Å². The maximum absolute atomic E-state index is 11.3. The molecule has 3 heteroatoms. The average Bonchev–Trinajstić information content (AvgIpc) is 2.29. The molecule has 0 amide bonds. The number of hydrogen-bond acceptors (Lipinski definition) is 2. The number of aldehydes is 1. The first kappa shape index (κ1) is 14.0. The Hall–Kier alpha value is -0.960. The molecule has 0 saturated carbocycles. The lowest BCUT2D eigenvalue weighted by Crippen LogP contribution is -1.98. The van der Waals surface area contributed by atoms with Crippen LogP contribution in [0.1, 0.15) is 37.0 Å². The lowest BCUT2D eigenvalue weighted by Gasteiger charge is -1.97. The number of rotatable bonds is 4. The standard InChI is InChI=1S/C10H9BrO2.C2H6/c11-9-5-3-8(4-6-9)10(13)2-1-7-12;1-2/h3-7H,1-2H2;1-2H3. The second-order valence-electron chi connectivity index (χ2n) is 2.64. The highest BCUT2D eigenvalue weighted by atomic mass is 79.9. The lowest BCUT2D eigenvalue weighted by atomic mass is 10.1. The van der Waals surface area contributed by atoms with E-state index >= 15 is 0 Å². The van der Waals surface area contributed by atoms with Crippen LogP contribution in [0.5, 0.6) is 0 Å². The zero-order valence-corrected chi connectivity index (χ0v) is 10.6. The summed E-state index contributed by atoms with van der Waals surface area (Å²) in [6, 6.07) is 7.12. The molecule has 0 radical (unpaired) electrons. The van der Waals surface area contributed by atoms with E-state index in [1.54, 1.807) is 12.1 Å². The van der Waals surface area contributed by atoms with Gasteiger partial charge in [-0.25, -0.2) is 0 Å². The number of hydrogen-bond donors (Lipinski definition) is 0. The number of carbonyl (C=O) groups is 2. The molecule has 2 nitrogen and oxygen atoms in total. The Kier molecular flexibility index (Phi) is 7.82. The van der Waals surface area contributed by atoms with Crippen LogP contribution in [-0.4, -0.2) is 12.1 Å². The maximum Gasteiger partial charge on any atom is 0.163 e. The van der Waals surface area contributed by atoms with Crippen LogP contribution in [0.4, 0.5) is 0 Å². The highest BCUT2D eigenvalue weighted by molar-refractivity contribution is 9.10. The molecule has 1 aromatic rings. The molecule has 0 aliphatic heterocycles. The minimum absolute atomic E-state index is 0.0135. The summed E-state index contributed by atoms with van der Waals surface area (Å²) in [7, 11) is 0. The summed E-state index contributed by atoms with van der Waals surface area (Å²) < 4.78 is 0.944. The monoisotopic (exact) mass is 270 g/mol. The molecule has 0 heterocycles. The number of halogens is 1. The van der Waals surface area contributed by atoms with Crippen LogP contribution in [0.15, 0.2) is 28.7 Å². The first-order chi connectivity index (χ1) is 7.24. The molecule has 82 valence electrons. The van der Waals surface area contributed by atoms with Crippen LogP contribution in [0.25, 0.3) is 0 Å². The SMILES string of the molecule is CC.O=CCCC(=O)c1ccc(Br)cc1. The van der Waals surface area contributed by atoms with E-state index in [-0.39, 0.29) is 5.78 Å². The summed E-state index contributed by atoms with van der Waals surface area (Å²) in [4.78, 5) is 21.4. The van der Waals surface area contributed by atoms with Gasteiger partial charge >= 0.3 is 0 Å². The van der Waals surface area contributed by atoms with Crippen LogP contribution in [0.2, 0.25) is 0 Å². The fourth-order valence-electron chi connectivity index (χ4n) is 0.970. The summed E-state index contributed by atoms with van der Waals surface area (Å²) in [6.07, 6.45) is 1.36. The van der Waals surface area contributed by atoms with Gasteiger partial charge in [0.25, 0.3) is 0 Å². The molecule has 0 bridgehead atoms. The summed E-state index contributed by atoms with van der Waals surface area (Å²) in [5.41, 5.74) is 0.657. The molecule has 15 heavy (non-hydrogen) atoms. The molecule has 0 atom stereocenters. The maximum atomic E-state index is 11.3. The van der Waals surface area contributed by atoms with Crippen molar-refractivity contribution in [3.8, 4) is 0 Å². The molecule has 1 aromatic carbocycles. The molecule has 0 fully saturated rings. The fraction of sp³-hybridized carbons (Fsp3) is 0.333. The number of benzene rings is 1. The van der Waals surface area contributed by atoms with Crippen molar-refractivity contribution >= 4 is 28.0 Å². The second-order valence-corrected chi connectivity index (χ2v) is 3.55. The molecule has 0 N–H and O–H groups in total. The zero-order valence-electron chi connectivity index (χ0n) is 9.00. The van der Waals surface area contributed by atoms with Gasteiger partial charge < -0.3 is 4.79 Å². The topological polar surface area (TPSA) is 34.1 Å². The van der Waals surface area contributed by atoms with Gasteiger partial charge in [0.2, 0.25) is 0 Å². The Labute approximate surface area is 98.8 Å². The first-order valence-electron chi connectivity index (χ1n) is 4.96. The van der Waals surface area contributed by atoms with Crippen molar-refractivity contribution in [2.75, 3.05) is 0 Å². The Balaban J connectivity index is 0.000000921. The van der Waals surface area contributed by atoms with Crippen molar-refractivity contribution < 1.29 is 9.59 Å². The molecule has 0 aliphatic carbocycles. The summed E-state index contributed by atoms with van der Waals surface area (Å²) in [5.74, 6) is 0.0135. The van der Waals surface area contributed by atoms with Crippen molar-refractivity contribution in [3.05, 3.63) is 34.3 Å². The molecular formula is C12H15BrO2. The molecule has 0 unspecified atom stereocenters. The van der Waals surface area contributed by atoms with E-state index in [0.29, 0.717) is 18.4 Å². The number of Topliss-reactive ketones (excluding diaryl/α,β-unsaturated/α-hetero) is 1. The van der Waals surface area contributed by atoms with Gasteiger partial charge in [0.05, 0.1) is 0 Å². The molecule has 0 spiro atoms. The van der Waals surface area contributed by atoms with E-state index in [2.05, 4.69) is 15.9 Å². The van der Waals surface area contributed by atoms with Gasteiger partial charge in [-0.2, -0.15) is 0 Å². The summed E-state index contributed by atoms with van der Waals surface area (Å²) in [5, 5.41) is 0. The first-order valence-corrected chi connectivity index (χ1v) is 5.75. The minimum Gasteiger partial charge on any atom is -0.303 e. The number of ketones is 1. The third kappa shape index (κ3) is 5.47. The van der Waals surface area contributed by atoms with E-state index in [9.17, 15) is 9.59 Å². The van der Waals surface area contributed by atoms with Gasteiger partial charge in [-0.1, -0.05) is 41.9 Å². The Morgan fingerprint density at radius 1 is 1.27 bits per heavy atom. The molecule has 0 aliphatic rings. The van der Waals surface area contributed by atoms with E-state index in [0.717, 1.165) is 10.8 Å². The highest BCUT2D eigenvalue weighted by Gasteiger charge is 2.03. The predicted octanol–water partition coefficient (Wildman–Crippen LogP) is 3.64. The van der Waals surface area contributed by atoms with Crippen LogP contribution in [0, 0.1) is 0 Å². The van der Waals surface area contributed by atoms with E-state index in [1.165, 1.54) is 0 Å². The average molecular weight is 271 g/mol. The largest absolute Gasteiger partial charge is 0.303 e. The minimum atomic E-state index is 0.0135. The smallest absolute Gasteiger partial charge is 0.163 e. The van der Waals surface area contributed by atoms with Crippen molar-refractivity contribution in [2.45, 2.75) is 26.7 Å². The van der Waals surface area contributed by atoms with E-state index in [1.807, 2.05) is 26.0 Å². The van der Waals surface area contributed by atoms with Gasteiger partial charge in [-0.15, -0.1) is 0 Å². The van der Waals surface area contributed by atoms with Crippen LogP contribution in [0.3, 0.4) is 0 Å². The van der Waals surface area contributed by atoms with E-state index in [4.69, 9.17) is 0 Å². The Morgan fingerprint density at radius 3 is 2.27 bits per heavy atom. The normalized spacial score (nSPS) is 8.73. The summed E-state index contributed by atoms with van der Waals surface area (Å²) >= 11 is 3.28. The third-order valence-corrected chi connectivity index (χ3v) is 2.18. The van der Waals surface area contributed by atoms with Gasteiger partial charge in [0.1, 0.15) is 6.29 Å². The van der Waals surface area contributed by atoms with E-state index < -0.39 is 0 Å². The van der Waals surface area contributed by atoms with Crippen molar-refractivity contribution in [1.29, 1.82) is 0 Å². The Bertz CT molecular complexity index is 304. The number of carbonyl (C=O) groups excluding carboxylic acids is 2. The Morgan fingerprint density at radius 2 is 1.80 bits per heavy atom. The van der Waals surface area contributed by atoms with Crippen LogP contribution in [-0.2, 0) is 4.79 Å². The summed E-state index contributed by atoms with van der Waals surface area (Å²) in [6.45, 7) is 4.00. The van der Waals surface area contributed by atoms with Crippen molar-refractivity contribution in [2.24, 2.45) is 0 Å². The molecule has 0 saturated heterocycles. The molecule has 1 rings (SSSR count). The lowest BCUT2D eigenvalue weighted by molar-refractivity contribution is -0.107. The van der Waals surface area contributed by atoms with Crippen molar-refractivity contribution in [3.63, 3.8) is 0 Å². The van der Waals surface area contributed by atoms with Gasteiger partial charge in [-0.3, -0.25) is 4.79 Å². The van der Waals surface area contributed by atoms with Crippen molar-refractivity contribution in [1.82, 2.24) is 0 Å². The second kappa shape index (κ2) is 8.36. The van der Waals surface area contributed by atoms with Crippen LogP contribution < -0.4 is 0 Å². The van der Waals surface area contributed by atoms with Gasteiger partial charge in [0.15, 0.2) is 5.78 Å². The molecular weight excluding hydrogens is 256 g/mol. The van der Waals surface area contributed by atoms with Gasteiger partial charge in [0, 0.05) is 22.9 Å². The predicted molar refractivity (Wildman–Crippen MR) is 65.1 cm³/mol. The molecule has 0 aromatic heterocycles.